The molecule has 0 aliphatic heterocycles. The normalized spacial score (nSPS) is 11.2. The van der Waals surface area contributed by atoms with Crippen molar-refractivity contribution in [3.8, 4) is 10.8 Å². The Labute approximate surface area is 116 Å². The van der Waals surface area contributed by atoms with Crippen molar-refractivity contribution >= 4 is 17.3 Å². The predicted molar refractivity (Wildman–Crippen MR) is 74.7 cm³/mol. The lowest BCUT2D eigenvalue weighted by Gasteiger charge is -2.00. The maximum atomic E-state index is 11.2. The van der Waals surface area contributed by atoms with E-state index in [-0.39, 0.29) is 5.76 Å². The van der Waals surface area contributed by atoms with Crippen LogP contribution in [-0.4, -0.2) is 16.1 Å². The van der Waals surface area contributed by atoms with Crippen molar-refractivity contribution < 1.29 is 14.3 Å². The van der Waals surface area contributed by atoms with Crippen LogP contribution >= 0.6 is 11.3 Å². The Kier molecular flexibility index (Phi) is 4.04. The van der Waals surface area contributed by atoms with E-state index in [1.54, 1.807) is 0 Å². The van der Waals surface area contributed by atoms with Crippen LogP contribution < -0.4 is 0 Å². The van der Waals surface area contributed by atoms with E-state index < -0.39 is 5.97 Å². The molecule has 2 heterocycles. The molecule has 0 spiro atoms. The zero-order valence-electron chi connectivity index (χ0n) is 11.3. The van der Waals surface area contributed by atoms with Crippen LogP contribution in [0.3, 0.4) is 0 Å². The summed E-state index contributed by atoms with van der Waals surface area (Å²) in [5.74, 6) is -0.312. The number of aromatic carboxylic acids is 1. The molecule has 0 aliphatic carbocycles. The minimum Gasteiger partial charge on any atom is -0.475 e. The lowest BCUT2D eigenvalue weighted by Crippen LogP contribution is -2.03. The second kappa shape index (κ2) is 5.57. The highest BCUT2D eigenvalue weighted by atomic mass is 32.1. The van der Waals surface area contributed by atoms with Crippen molar-refractivity contribution in [1.82, 2.24) is 4.98 Å². The molecule has 2 rings (SSSR count). The third-order valence-electron chi connectivity index (χ3n) is 2.82. The van der Waals surface area contributed by atoms with Crippen molar-refractivity contribution in [2.24, 2.45) is 5.92 Å². The summed E-state index contributed by atoms with van der Waals surface area (Å²) in [6, 6.07) is 2.02. The van der Waals surface area contributed by atoms with Gasteiger partial charge in [-0.3, -0.25) is 0 Å². The highest BCUT2D eigenvalue weighted by Crippen LogP contribution is 2.31. The smallest absolute Gasteiger partial charge is 0.373 e. The molecule has 102 valence electrons. The lowest BCUT2D eigenvalue weighted by molar-refractivity contribution is 0.0661. The molecular weight excluding hydrogens is 262 g/mol. The van der Waals surface area contributed by atoms with Gasteiger partial charge >= 0.3 is 5.97 Å². The van der Waals surface area contributed by atoms with Crippen LogP contribution in [0.15, 0.2) is 15.9 Å². The van der Waals surface area contributed by atoms with E-state index in [2.05, 4.69) is 11.9 Å². The molecule has 0 aliphatic rings. The molecule has 0 aromatic carbocycles. The van der Waals surface area contributed by atoms with E-state index in [1.807, 2.05) is 25.3 Å². The highest BCUT2D eigenvalue weighted by Gasteiger charge is 2.22. The number of carbonyl (C=O) groups is 1. The van der Waals surface area contributed by atoms with Gasteiger partial charge in [0.1, 0.15) is 0 Å². The fourth-order valence-corrected chi connectivity index (χ4v) is 2.86. The fraction of sp³-hybridized carbons (Fsp3) is 0.429. The van der Waals surface area contributed by atoms with Gasteiger partial charge in [-0.1, -0.05) is 20.8 Å². The van der Waals surface area contributed by atoms with Gasteiger partial charge in [0.25, 0.3) is 0 Å². The predicted octanol–water partition coefficient (Wildman–Crippen LogP) is 3.86. The number of aryl methyl sites for hydroxylation is 1. The standard InChI is InChI=1S/C14H17NO3S/c1-4-9-5-6-19-12(9)13-15-10(7-8(2)3)11(18-13)14(16)17/h5-6,8H,4,7H2,1-3H3,(H,16,17). The molecule has 0 bridgehead atoms. The Morgan fingerprint density at radius 1 is 1.53 bits per heavy atom. The number of hydrogen-bond donors (Lipinski definition) is 1. The second-order valence-corrected chi connectivity index (χ2v) is 5.74. The molecule has 0 amide bonds. The Hall–Kier alpha value is -1.62. The van der Waals surface area contributed by atoms with Gasteiger partial charge in [-0.15, -0.1) is 11.3 Å². The van der Waals surface area contributed by atoms with Gasteiger partial charge in [-0.25, -0.2) is 9.78 Å². The quantitative estimate of drug-likeness (QED) is 0.902. The number of thiophene rings is 1. The number of aromatic nitrogens is 1. The van der Waals surface area contributed by atoms with Crippen molar-refractivity contribution in [2.75, 3.05) is 0 Å². The fourth-order valence-electron chi connectivity index (χ4n) is 1.94. The van der Waals surface area contributed by atoms with Gasteiger partial charge in [-0.05, 0) is 35.8 Å². The SMILES string of the molecule is CCc1ccsc1-c1nc(CC(C)C)c(C(=O)O)o1. The van der Waals surface area contributed by atoms with Gasteiger partial charge in [0, 0.05) is 0 Å². The maximum absolute atomic E-state index is 11.2. The Morgan fingerprint density at radius 2 is 2.26 bits per heavy atom. The zero-order chi connectivity index (χ0) is 14.0. The highest BCUT2D eigenvalue weighted by molar-refractivity contribution is 7.13. The number of rotatable bonds is 5. The molecule has 0 radical (unpaired) electrons. The summed E-state index contributed by atoms with van der Waals surface area (Å²) in [5, 5.41) is 11.2. The van der Waals surface area contributed by atoms with Crippen LogP contribution in [0.1, 0.15) is 42.6 Å². The largest absolute Gasteiger partial charge is 0.475 e. The van der Waals surface area contributed by atoms with Crippen molar-refractivity contribution in [1.29, 1.82) is 0 Å². The van der Waals surface area contributed by atoms with Crippen LogP contribution in [-0.2, 0) is 12.8 Å². The van der Waals surface area contributed by atoms with Gasteiger partial charge < -0.3 is 9.52 Å². The minimum atomic E-state index is -1.05. The number of oxazole rings is 1. The Balaban J connectivity index is 2.45. The first-order valence-electron chi connectivity index (χ1n) is 6.32. The topological polar surface area (TPSA) is 63.3 Å². The maximum Gasteiger partial charge on any atom is 0.373 e. The van der Waals surface area contributed by atoms with Crippen LogP contribution in [0.2, 0.25) is 0 Å². The minimum absolute atomic E-state index is 0.0286. The van der Waals surface area contributed by atoms with Crippen molar-refractivity contribution in [3.63, 3.8) is 0 Å². The first kappa shape index (κ1) is 13.8. The molecule has 2 aromatic rings. The molecular formula is C14H17NO3S. The molecule has 4 nitrogen and oxygen atoms in total. The van der Waals surface area contributed by atoms with Crippen molar-refractivity contribution in [2.45, 2.75) is 33.6 Å². The molecule has 0 saturated carbocycles. The summed E-state index contributed by atoms with van der Waals surface area (Å²) < 4.78 is 5.46. The summed E-state index contributed by atoms with van der Waals surface area (Å²) in [4.78, 5) is 16.5. The van der Waals surface area contributed by atoms with Gasteiger partial charge in [0.05, 0.1) is 10.6 Å². The molecule has 0 unspecified atom stereocenters. The molecule has 0 atom stereocenters. The van der Waals surface area contributed by atoms with E-state index in [4.69, 9.17) is 4.42 Å². The summed E-state index contributed by atoms with van der Waals surface area (Å²) in [6.07, 6.45) is 1.49. The Bertz CT molecular complexity index is 583. The molecule has 5 heteroatoms. The summed E-state index contributed by atoms with van der Waals surface area (Å²) in [7, 11) is 0. The van der Waals surface area contributed by atoms with E-state index in [0.29, 0.717) is 23.9 Å². The Morgan fingerprint density at radius 3 is 2.84 bits per heavy atom. The second-order valence-electron chi connectivity index (χ2n) is 4.83. The van der Waals surface area contributed by atoms with Crippen LogP contribution in [0, 0.1) is 5.92 Å². The summed E-state index contributed by atoms with van der Waals surface area (Å²) >= 11 is 1.53. The molecule has 0 saturated heterocycles. The van der Waals surface area contributed by atoms with Gasteiger partial charge in [0.2, 0.25) is 11.7 Å². The summed E-state index contributed by atoms with van der Waals surface area (Å²) in [5.41, 5.74) is 1.67. The first-order chi connectivity index (χ1) is 9.02. The third-order valence-corrected chi connectivity index (χ3v) is 3.76. The zero-order valence-corrected chi connectivity index (χ0v) is 12.1. The van der Waals surface area contributed by atoms with Gasteiger partial charge in [0.15, 0.2) is 0 Å². The van der Waals surface area contributed by atoms with E-state index in [9.17, 15) is 9.90 Å². The first-order valence-corrected chi connectivity index (χ1v) is 7.20. The summed E-state index contributed by atoms with van der Waals surface area (Å²) in [6.45, 7) is 6.12. The molecule has 2 aromatic heterocycles. The van der Waals surface area contributed by atoms with E-state index >= 15 is 0 Å². The van der Waals surface area contributed by atoms with Crippen LogP contribution in [0.25, 0.3) is 10.8 Å². The van der Waals surface area contributed by atoms with Crippen molar-refractivity contribution in [3.05, 3.63) is 28.5 Å². The lowest BCUT2D eigenvalue weighted by atomic mass is 10.1. The molecule has 0 fully saturated rings. The number of hydrogen-bond acceptors (Lipinski definition) is 4. The third kappa shape index (κ3) is 2.87. The van der Waals surface area contributed by atoms with E-state index in [0.717, 1.165) is 16.9 Å². The van der Waals surface area contributed by atoms with Crippen LogP contribution in [0.5, 0.6) is 0 Å². The molecule has 19 heavy (non-hydrogen) atoms. The molecule has 1 N–H and O–H groups in total. The van der Waals surface area contributed by atoms with E-state index in [1.165, 1.54) is 11.3 Å². The monoisotopic (exact) mass is 279 g/mol. The average molecular weight is 279 g/mol. The number of nitrogens with zero attached hydrogens (tertiary/aromatic N) is 1. The average Bonchev–Trinajstić information content (AvgIpc) is 2.93. The van der Waals surface area contributed by atoms with Crippen LogP contribution in [0.4, 0.5) is 0 Å². The van der Waals surface area contributed by atoms with Gasteiger partial charge in [-0.2, -0.15) is 0 Å². The number of carboxylic acid groups (broad SMARTS) is 1. The number of carboxylic acids is 1.